The van der Waals surface area contributed by atoms with E-state index in [-0.39, 0.29) is 32.0 Å². The third-order valence-corrected chi connectivity index (χ3v) is 5.13. The largest absolute Gasteiger partial charge is 0.417 e. The maximum atomic E-state index is 13.2. The molecule has 0 radical (unpaired) electrons. The molecule has 1 aliphatic rings. The van der Waals surface area contributed by atoms with Crippen LogP contribution in [0.3, 0.4) is 0 Å². The number of hydrogen-bond acceptors (Lipinski definition) is 5. The zero-order valence-electron chi connectivity index (χ0n) is 16.8. The van der Waals surface area contributed by atoms with E-state index in [9.17, 15) is 22.8 Å². The molecule has 0 aliphatic carbocycles. The first-order valence-electron chi connectivity index (χ1n) is 9.61. The molecule has 0 N–H and O–H groups in total. The minimum Gasteiger partial charge on any atom is -0.335 e. The number of rotatable bonds is 2. The number of piperazine rings is 1. The molecule has 0 spiro atoms. The van der Waals surface area contributed by atoms with E-state index in [0.29, 0.717) is 5.78 Å². The zero-order chi connectivity index (χ0) is 22.3. The third-order valence-electron chi connectivity index (χ3n) is 5.13. The highest BCUT2D eigenvalue weighted by molar-refractivity contribution is 5.96. The number of nitrogens with zero attached hydrogens (tertiary/aromatic N) is 6. The summed E-state index contributed by atoms with van der Waals surface area (Å²) in [5.41, 5.74) is 0.176. The van der Waals surface area contributed by atoms with Crippen molar-refractivity contribution >= 4 is 17.6 Å². The number of carbonyl (C=O) groups excluding carboxylic acids is 2. The van der Waals surface area contributed by atoms with Crippen molar-refractivity contribution in [2.24, 2.45) is 0 Å². The van der Waals surface area contributed by atoms with Crippen molar-refractivity contribution < 1.29 is 22.8 Å². The summed E-state index contributed by atoms with van der Waals surface area (Å²) in [6.07, 6.45) is -4.62. The van der Waals surface area contributed by atoms with Gasteiger partial charge in [0.1, 0.15) is 0 Å². The van der Waals surface area contributed by atoms with E-state index < -0.39 is 29.1 Å². The number of alkyl halides is 3. The molecule has 1 saturated heterocycles. The minimum atomic E-state index is -4.62. The van der Waals surface area contributed by atoms with Gasteiger partial charge < -0.3 is 9.80 Å². The SMILES string of the molecule is Cc1cc(C)n2nc(C(=O)N3CCN(C(=O)c4ccccc4C(F)(F)F)CC3)nc2n1. The van der Waals surface area contributed by atoms with Crippen LogP contribution >= 0.6 is 0 Å². The molecule has 2 aromatic heterocycles. The number of halogens is 3. The van der Waals surface area contributed by atoms with E-state index in [1.54, 1.807) is 0 Å². The van der Waals surface area contributed by atoms with Crippen molar-refractivity contribution in [2.75, 3.05) is 26.2 Å². The predicted octanol–water partition coefficient (Wildman–Crippen LogP) is 2.36. The van der Waals surface area contributed by atoms with Gasteiger partial charge in [-0.3, -0.25) is 9.59 Å². The second-order valence-electron chi connectivity index (χ2n) is 7.31. The minimum absolute atomic E-state index is 0.0107. The Morgan fingerprint density at radius 3 is 2.19 bits per heavy atom. The Kier molecular flexibility index (Phi) is 5.11. The van der Waals surface area contributed by atoms with E-state index in [4.69, 9.17) is 0 Å². The molecular weight excluding hydrogens is 413 g/mol. The fourth-order valence-corrected chi connectivity index (χ4v) is 3.60. The Balaban J connectivity index is 1.47. The Bertz CT molecular complexity index is 1170. The summed E-state index contributed by atoms with van der Waals surface area (Å²) >= 11 is 0. The highest BCUT2D eigenvalue weighted by atomic mass is 19.4. The molecule has 4 rings (SSSR count). The van der Waals surface area contributed by atoms with Gasteiger partial charge in [0, 0.05) is 37.6 Å². The third kappa shape index (κ3) is 3.94. The van der Waals surface area contributed by atoms with Crippen LogP contribution in [0.1, 0.15) is 37.9 Å². The molecule has 1 fully saturated rings. The van der Waals surface area contributed by atoms with Crippen molar-refractivity contribution in [3.63, 3.8) is 0 Å². The van der Waals surface area contributed by atoms with E-state index >= 15 is 0 Å². The van der Waals surface area contributed by atoms with Crippen molar-refractivity contribution in [3.8, 4) is 0 Å². The van der Waals surface area contributed by atoms with Crippen LogP contribution in [0, 0.1) is 13.8 Å². The average molecular weight is 432 g/mol. The Hall–Kier alpha value is -3.50. The number of benzene rings is 1. The molecule has 0 atom stereocenters. The van der Waals surface area contributed by atoms with Crippen LogP contribution in [0.4, 0.5) is 13.2 Å². The number of hydrogen-bond donors (Lipinski definition) is 0. The van der Waals surface area contributed by atoms with Gasteiger partial charge in [-0.15, -0.1) is 5.10 Å². The summed E-state index contributed by atoms with van der Waals surface area (Å²) in [6, 6.07) is 6.52. The Morgan fingerprint density at radius 2 is 1.55 bits per heavy atom. The second kappa shape index (κ2) is 7.64. The van der Waals surface area contributed by atoms with Crippen molar-refractivity contribution in [3.05, 3.63) is 58.7 Å². The zero-order valence-corrected chi connectivity index (χ0v) is 16.8. The second-order valence-corrected chi connectivity index (χ2v) is 7.31. The molecule has 0 saturated carbocycles. The molecule has 1 aromatic carbocycles. The quantitative estimate of drug-likeness (QED) is 0.621. The number of amides is 2. The fourth-order valence-electron chi connectivity index (χ4n) is 3.60. The highest BCUT2D eigenvalue weighted by Crippen LogP contribution is 2.32. The molecule has 3 aromatic rings. The van der Waals surface area contributed by atoms with Gasteiger partial charge in [0.25, 0.3) is 17.6 Å². The van der Waals surface area contributed by atoms with Crippen molar-refractivity contribution in [2.45, 2.75) is 20.0 Å². The number of aromatic nitrogens is 4. The fraction of sp³-hybridized carbons (Fsp3) is 0.350. The molecule has 11 heteroatoms. The van der Waals surface area contributed by atoms with E-state index in [2.05, 4.69) is 15.1 Å². The van der Waals surface area contributed by atoms with E-state index in [1.165, 1.54) is 32.5 Å². The van der Waals surface area contributed by atoms with Crippen LogP contribution in [-0.4, -0.2) is 67.4 Å². The van der Waals surface area contributed by atoms with Crippen molar-refractivity contribution in [1.82, 2.24) is 29.4 Å². The highest BCUT2D eigenvalue weighted by Gasteiger charge is 2.36. The average Bonchev–Trinajstić information content (AvgIpc) is 3.16. The van der Waals surface area contributed by atoms with Gasteiger partial charge in [0.15, 0.2) is 0 Å². The van der Waals surface area contributed by atoms with Crippen molar-refractivity contribution in [1.29, 1.82) is 0 Å². The van der Waals surface area contributed by atoms with Gasteiger partial charge in [0.05, 0.1) is 11.1 Å². The topological polar surface area (TPSA) is 83.7 Å². The molecule has 2 amide bonds. The van der Waals surface area contributed by atoms with Crippen LogP contribution in [-0.2, 0) is 6.18 Å². The standard InChI is InChI=1S/C20H19F3N6O2/c1-12-11-13(2)29-19(24-12)25-16(26-29)18(31)28-9-7-27(8-10-28)17(30)14-5-3-4-6-15(14)20(21,22)23/h3-6,11H,7-10H2,1-2H3. The molecule has 1 aliphatic heterocycles. The first-order chi connectivity index (χ1) is 14.6. The first-order valence-corrected chi connectivity index (χ1v) is 9.61. The Labute approximate surface area is 175 Å². The van der Waals surface area contributed by atoms with Gasteiger partial charge in [-0.1, -0.05) is 12.1 Å². The van der Waals surface area contributed by atoms with E-state index in [1.807, 2.05) is 19.9 Å². The summed E-state index contributed by atoms with van der Waals surface area (Å²) in [7, 11) is 0. The summed E-state index contributed by atoms with van der Waals surface area (Å²) in [5, 5.41) is 4.22. The molecule has 31 heavy (non-hydrogen) atoms. The number of fused-ring (bicyclic) bond motifs is 1. The maximum Gasteiger partial charge on any atom is 0.417 e. The normalized spacial score (nSPS) is 14.9. The van der Waals surface area contributed by atoms with Crippen LogP contribution < -0.4 is 0 Å². The van der Waals surface area contributed by atoms with Crippen LogP contribution in [0.2, 0.25) is 0 Å². The van der Waals surface area contributed by atoms with Gasteiger partial charge in [-0.2, -0.15) is 18.2 Å². The molecule has 0 bridgehead atoms. The first kappa shape index (κ1) is 20.8. The lowest BCUT2D eigenvalue weighted by atomic mass is 10.1. The summed E-state index contributed by atoms with van der Waals surface area (Å²) in [4.78, 5) is 36.7. The smallest absolute Gasteiger partial charge is 0.335 e. The van der Waals surface area contributed by atoms with Gasteiger partial charge in [-0.25, -0.2) is 9.50 Å². The summed E-state index contributed by atoms with van der Waals surface area (Å²) < 4.78 is 41.2. The monoisotopic (exact) mass is 432 g/mol. The van der Waals surface area contributed by atoms with Gasteiger partial charge >= 0.3 is 6.18 Å². The van der Waals surface area contributed by atoms with Crippen LogP contribution in [0.5, 0.6) is 0 Å². The van der Waals surface area contributed by atoms with E-state index in [0.717, 1.165) is 17.5 Å². The molecular formula is C20H19F3N6O2. The van der Waals surface area contributed by atoms with Gasteiger partial charge in [-0.05, 0) is 32.0 Å². The molecule has 8 nitrogen and oxygen atoms in total. The number of aryl methyl sites for hydroxylation is 2. The van der Waals surface area contributed by atoms with Crippen LogP contribution in [0.15, 0.2) is 30.3 Å². The molecule has 0 unspecified atom stereocenters. The predicted molar refractivity (Wildman–Crippen MR) is 104 cm³/mol. The lowest BCUT2D eigenvalue weighted by Gasteiger charge is -2.34. The number of carbonyl (C=O) groups is 2. The van der Waals surface area contributed by atoms with Crippen LogP contribution in [0.25, 0.3) is 5.78 Å². The maximum absolute atomic E-state index is 13.2. The summed E-state index contributed by atoms with van der Waals surface area (Å²) in [6.45, 7) is 4.20. The van der Waals surface area contributed by atoms with Gasteiger partial charge in [0.2, 0.25) is 5.82 Å². The summed E-state index contributed by atoms with van der Waals surface area (Å²) in [5.74, 6) is -0.812. The molecule has 3 heterocycles. The Morgan fingerprint density at radius 1 is 0.935 bits per heavy atom. The lowest BCUT2D eigenvalue weighted by molar-refractivity contribution is -0.138. The molecule has 162 valence electrons. The lowest BCUT2D eigenvalue weighted by Crippen LogP contribution is -2.51.